The minimum atomic E-state index is -0.534. The Kier molecular flexibility index (Phi) is 7.97. The third-order valence-electron chi connectivity index (χ3n) is 6.98. The Labute approximate surface area is 227 Å². The number of aryl methyl sites for hydroxylation is 2. The SMILES string of the molecule is Cc1cc(C)c(CNC(=O)c2cc(Cl)c3c(c2C)OC(C2CCN(C(=O)OC(C)(C)C)CC2)CO3)c(=O)[nH]1. The normalized spacial score (nSPS) is 17.8. The van der Waals surface area contributed by atoms with E-state index in [1.165, 1.54) is 0 Å². The number of hydrogen-bond donors (Lipinski definition) is 2. The Balaban J connectivity index is 1.44. The summed E-state index contributed by atoms with van der Waals surface area (Å²) in [6.45, 7) is 12.6. The van der Waals surface area contributed by atoms with Gasteiger partial charge in [-0.15, -0.1) is 0 Å². The highest BCUT2D eigenvalue weighted by Gasteiger charge is 2.36. The first-order valence-electron chi connectivity index (χ1n) is 12.9. The molecule has 2 aliphatic heterocycles. The zero-order valence-corrected chi connectivity index (χ0v) is 23.6. The van der Waals surface area contributed by atoms with Gasteiger partial charge in [-0.05, 0) is 72.1 Å². The molecule has 9 nitrogen and oxygen atoms in total. The van der Waals surface area contributed by atoms with Gasteiger partial charge in [0.25, 0.3) is 11.5 Å². The predicted octanol–water partition coefficient (Wildman–Crippen LogP) is 4.67. The molecule has 10 heteroatoms. The van der Waals surface area contributed by atoms with E-state index < -0.39 is 5.60 Å². The number of aromatic amines is 1. The van der Waals surface area contributed by atoms with E-state index in [0.29, 0.717) is 52.9 Å². The minimum absolute atomic E-state index is 0.0879. The van der Waals surface area contributed by atoms with E-state index in [4.69, 9.17) is 25.8 Å². The number of carbonyl (C=O) groups is 2. The number of nitrogens with zero attached hydrogens (tertiary/aromatic N) is 1. The molecular weight excluding hydrogens is 510 g/mol. The second-order valence-corrected chi connectivity index (χ2v) is 11.5. The summed E-state index contributed by atoms with van der Waals surface area (Å²) in [5, 5.41) is 3.12. The van der Waals surface area contributed by atoms with Crippen LogP contribution in [0.1, 0.15) is 66.4 Å². The monoisotopic (exact) mass is 545 g/mol. The fraction of sp³-hybridized carbons (Fsp3) is 0.536. The quantitative estimate of drug-likeness (QED) is 0.577. The maximum absolute atomic E-state index is 13.1. The molecule has 0 saturated carbocycles. The van der Waals surface area contributed by atoms with Crippen molar-refractivity contribution in [1.29, 1.82) is 0 Å². The summed E-state index contributed by atoms with van der Waals surface area (Å²) < 4.78 is 17.9. The molecule has 2 aromatic rings. The van der Waals surface area contributed by atoms with Gasteiger partial charge in [-0.1, -0.05) is 11.6 Å². The molecule has 0 radical (unpaired) electrons. The molecule has 1 fully saturated rings. The molecule has 2 aliphatic rings. The Morgan fingerprint density at radius 2 is 1.84 bits per heavy atom. The Hall–Kier alpha value is -3.20. The van der Waals surface area contributed by atoms with Crippen LogP contribution in [0, 0.1) is 26.7 Å². The predicted molar refractivity (Wildman–Crippen MR) is 144 cm³/mol. The van der Waals surface area contributed by atoms with Crippen molar-refractivity contribution in [2.45, 2.75) is 72.6 Å². The first kappa shape index (κ1) is 27.8. The van der Waals surface area contributed by atoms with Crippen molar-refractivity contribution in [2.24, 2.45) is 5.92 Å². The highest BCUT2D eigenvalue weighted by atomic mass is 35.5. The number of nitrogens with one attached hydrogen (secondary N) is 2. The molecule has 1 aromatic heterocycles. The van der Waals surface area contributed by atoms with Gasteiger partial charge in [-0.3, -0.25) is 9.59 Å². The van der Waals surface area contributed by atoms with Gasteiger partial charge in [-0.2, -0.15) is 0 Å². The zero-order chi connectivity index (χ0) is 27.8. The average Bonchev–Trinajstić information content (AvgIpc) is 2.84. The number of hydrogen-bond acceptors (Lipinski definition) is 6. The van der Waals surface area contributed by atoms with E-state index in [1.807, 2.05) is 40.7 Å². The lowest BCUT2D eigenvalue weighted by Gasteiger charge is -2.38. The lowest BCUT2D eigenvalue weighted by atomic mass is 9.91. The van der Waals surface area contributed by atoms with Crippen LogP contribution in [0.15, 0.2) is 16.9 Å². The lowest BCUT2D eigenvalue weighted by molar-refractivity contribution is -0.00129. The highest BCUT2D eigenvalue weighted by molar-refractivity contribution is 6.32. The number of likely N-dealkylation sites (tertiary alicyclic amines) is 1. The van der Waals surface area contributed by atoms with Crippen LogP contribution in [0.3, 0.4) is 0 Å². The van der Waals surface area contributed by atoms with Gasteiger partial charge >= 0.3 is 6.09 Å². The van der Waals surface area contributed by atoms with Crippen molar-refractivity contribution in [2.75, 3.05) is 19.7 Å². The Morgan fingerprint density at radius 3 is 2.47 bits per heavy atom. The number of halogens is 1. The molecule has 38 heavy (non-hydrogen) atoms. The van der Waals surface area contributed by atoms with Crippen molar-refractivity contribution in [1.82, 2.24) is 15.2 Å². The van der Waals surface area contributed by atoms with Crippen molar-refractivity contribution in [3.63, 3.8) is 0 Å². The first-order chi connectivity index (χ1) is 17.8. The third kappa shape index (κ3) is 6.09. The van der Waals surface area contributed by atoms with Gasteiger partial charge < -0.3 is 29.4 Å². The number of H-pyrrole nitrogens is 1. The molecule has 1 aromatic carbocycles. The number of piperidine rings is 1. The van der Waals surface area contributed by atoms with Crippen molar-refractivity contribution < 1.29 is 23.8 Å². The number of benzene rings is 1. The lowest BCUT2D eigenvalue weighted by Crippen LogP contribution is -2.46. The summed E-state index contributed by atoms with van der Waals surface area (Å²) in [6, 6.07) is 3.44. The van der Waals surface area contributed by atoms with E-state index in [9.17, 15) is 14.4 Å². The van der Waals surface area contributed by atoms with E-state index in [0.717, 1.165) is 24.1 Å². The molecular formula is C28H36ClN3O6. The van der Waals surface area contributed by atoms with Gasteiger partial charge in [0, 0.05) is 47.9 Å². The van der Waals surface area contributed by atoms with E-state index >= 15 is 0 Å². The molecule has 1 unspecified atom stereocenters. The van der Waals surface area contributed by atoms with Gasteiger partial charge in [0.1, 0.15) is 18.3 Å². The van der Waals surface area contributed by atoms with Crippen LogP contribution in [-0.2, 0) is 11.3 Å². The first-order valence-corrected chi connectivity index (χ1v) is 13.3. The van der Waals surface area contributed by atoms with Crippen LogP contribution in [-0.4, -0.2) is 53.3 Å². The second-order valence-electron chi connectivity index (χ2n) is 11.1. The average molecular weight is 546 g/mol. The molecule has 3 heterocycles. The van der Waals surface area contributed by atoms with Crippen LogP contribution >= 0.6 is 11.6 Å². The fourth-order valence-electron chi connectivity index (χ4n) is 4.94. The maximum Gasteiger partial charge on any atom is 0.410 e. The maximum atomic E-state index is 13.1. The van der Waals surface area contributed by atoms with E-state index in [1.54, 1.807) is 17.9 Å². The molecule has 1 saturated heterocycles. The molecule has 1 atom stereocenters. The summed E-state index contributed by atoms with van der Waals surface area (Å²) >= 11 is 6.49. The standard InChI is InChI=1S/C28H36ClN3O6/c1-15-11-16(2)31-26(34)20(15)13-30-25(33)19-12-21(29)24-23(17(19)3)37-22(14-36-24)18-7-9-32(10-8-18)27(35)38-28(4,5)6/h11-12,18,22H,7-10,13-14H2,1-6H3,(H,30,33)(H,31,34). The fourth-order valence-corrected chi connectivity index (χ4v) is 5.19. The molecule has 0 spiro atoms. The summed E-state index contributed by atoms with van der Waals surface area (Å²) in [5.41, 5.74) is 2.30. The molecule has 0 aliphatic carbocycles. The van der Waals surface area contributed by atoms with Crippen molar-refractivity contribution in [3.05, 3.63) is 55.5 Å². The topological polar surface area (TPSA) is 110 Å². The number of carbonyl (C=O) groups excluding carboxylic acids is 2. The van der Waals surface area contributed by atoms with Crippen molar-refractivity contribution >= 4 is 23.6 Å². The Bertz CT molecular complexity index is 1290. The van der Waals surface area contributed by atoms with E-state index in [2.05, 4.69) is 10.3 Å². The van der Waals surface area contributed by atoms with Gasteiger partial charge in [-0.25, -0.2) is 4.79 Å². The van der Waals surface area contributed by atoms with Crippen LogP contribution in [0.5, 0.6) is 11.5 Å². The minimum Gasteiger partial charge on any atom is -0.484 e. The largest absolute Gasteiger partial charge is 0.484 e. The highest BCUT2D eigenvalue weighted by Crippen LogP contribution is 2.44. The Morgan fingerprint density at radius 1 is 1.16 bits per heavy atom. The molecule has 2 N–H and O–H groups in total. The molecule has 4 rings (SSSR count). The molecule has 2 amide bonds. The van der Waals surface area contributed by atoms with E-state index in [-0.39, 0.29) is 36.1 Å². The number of fused-ring (bicyclic) bond motifs is 1. The summed E-state index contributed by atoms with van der Waals surface area (Å²) in [7, 11) is 0. The zero-order valence-electron chi connectivity index (χ0n) is 22.8. The number of rotatable bonds is 4. The molecule has 0 bridgehead atoms. The van der Waals surface area contributed by atoms with Crippen LogP contribution in [0.2, 0.25) is 5.02 Å². The number of aromatic nitrogens is 1. The van der Waals surface area contributed by atoms with Crippen LogP contribution in [0.4, 0.5) is 4.79 Å². The van der Waals surface area contributed by atoms with Gasteiger partial charge in [0.05, 0.1) is 5.02 Å². The van der Waals surface area contributed by atoms with Crippen LogP contribution < -0.4 is 20.3 Å². The summed E-state index contributed by atoms with van der Waals surface area (Å²) in [4.78, 5) is 42.4. The summed E-state index contributed by atoms with van der Waals surface area (Å²) in [6.07, 6.45) is 0.966. The van der Waals surface area contributed by atoms with Crippen molar-refractivity contribution in [3.8, 4) is 11.5 Å². The summed E-state index contributed by atoms with van der Waals surface area (Å²) in [5.74, 6) is 0.698. The molecule has 206 valence electrons. The smallest absolute Gasteiger partial charge is 0.410 e. The third-order valence-corrected chi connectivity index (χ3v) is 7.26. The number of ether oxygens (including phenoxy) is 3. The van der Waals surface area contributed by atoms with Crippen LogP contribution in [0.25, 0.3) is 0 Å². The number of pyridine rings is 1. The van der Waals surface area contributed by atoms with Gasteiger partial charge in [0.2, 0.25) is 0 Å². The van der Waals surface area contributed by atoms with Gasteiger partial charge in [0.15, 0.2) is 11.5 Å². The number of amides is 2. The second kappa shape index (κ2) is 10.9.